The van der Waals surface area contributed by atoms with Gasteiger partial charge in [-0.15, -0.1) is 11.3 Å². The van der Waals surface area contributed by atoms with E-state index in [0.717, 1.165) is 17.4 Å². The van der Waals surface area contributed by atoms with Crippen LogP contribution in [-0.2, 0) is 4.74 Å². The molecular formula is C20H21N3O4S. The molecule has 0 spiro atoms. The summed E-state index contributed by atoms with van der Waals surface area (Å²) in [6.07, 6.45) is 2.18. The first-order valence-electron chi connectivity index (χ1n) is 9.00. The van der Waals surface area contributed by atoms with E-state index in [-0.39, 0.29) is 5.91 Å². The molecule has 2 aromatic heterocycles. The van der Waals surface area contributed by atoms with Crippen LogP contribution >= 0.6 is 11.3 Å². The first-order valence-corrected chi connectivity index (χ1v) is 9.82. The Bertz CT molecular complexity index is 1020. The maximum atomic E-state index is 12.8. The smallest absolute Gasteiger partial charge is 0.338 e. The van der Waals surface area contributed by atoms with Crippen molar-refractivity contribution in [1.82, 2.24) is 9.97 Å². The van der Waals surface area contributed by atoms with Crippen LogP contribution in [0, 0.1) is 6.92 Å². The molecule has 7 nitrogen and oxygen atoms in total. The van der Waals surface area contributed by atoms with Crippen molar-refractivity contribution in [2.45, 2.75) is 27.2 Å². The highest BCUT2D eigenvalue weighted by Gasteiger charge is 2.20. The number of ether oxygens (including phenoxy) is 2. The van der Waals surface area contributed by atoms with Gasteiger partial charge >= 0.3 is 5.97 Å². The third kappa shape index (κ3) is 4.12. The molecule has 8 heteroatoms. The summed E-state index contributed by atoms with van der Waals surface area (Å²) in [7, 11) is 0. The summed E-state index contributed by atoms with van der Waals surface area (Å²) in [5, 5.41) is 3.58. The summed E-state index contributed by atoms with van der Waals surface area (Å²) >= 11 is 1.28. The Labute approximate surface area is 166 Å². The van der Waals surface area contributed by atoms with E-state index < -0.39 is 5.97 Å². The number of carbonyl (C=O) groups excluding carboxylic acids is 2. The number of benzene rings is 1. The number of anilines is 1. The average molecular weight is 399 g/mol. The van der Waals surface area contributed by atoms with Crippen molar-refractivity contribution in [2.24, 2.45) is 0 Å². The van der Waals surface area contributed by atoms with Crippen LogP contribution in [0.2, 0.25) is 0 Å². The van der Waals surface area contributed by atoms with E-state index in [0.29, 0.717) is 40.1 Å². The molecule has 3 aromatic rings. The fourth-order valence-electron chi connectivity index (χ4n) is 2.69. The predicted octanol–water partition coefficient (Wildman–Crippen LogP) is 4.22. The largest absolute Gasteiger partial charge is 0.477 e. The number of esters is 1. The fraction of sp³-hybridized carbons (Fsp3) is 0.300. The van der Waals surface area contributed by atoms with Crippen LogP contribution < -0.4 is 10.1 Å². The molecule has 1 N–H and O–H groups in total. The number of aryl methyl sites for hydroxylation is 1. The molecule has 146 valence electrons. The van der Waals surface area contributed by atoms with Gasteiger partial charge in [0.1, 0.15) is 11.2 Å². The number of fused-ring (bicyclic) bond motifs is 1. The molecule has 1 amide bonds. The molecule has 28 heavy (non-hydrogen) atoms. The third-order valence-electron chi connectivity index (χ3n) is 3.97. The number of nitrogens with one attached hydrogen (secondary N) is 1. The molecule has 0 fully saturated rings. The number of thiophene rings is 1. The highest BCUT2D eigenvalue weighted by molar-refractivity contribution is 7.20. The third-order valence-corrected chi connectivity index (χ3v) is 5.17. The van der Waals surface area contributed by atoms with Crippen LogP contribution in [0.1, 0.15) is 45.9 Å². The maximum Gasteiger partial charge on any atom is 0.338 e. The Morgan fingerprint density at radius 1 is 1.21 bits per heavy atom. The zero-order valence-electron chi connectivity index (χ0n) is 15.9. The Morgan fingerprint density at radius 3 is 2.79 bits per heavy atom. The van der Waals surface area contributed by atoms with Gasteiger partial charge in [0.25, 0.3) is 5.91 Å². The van der Waals surface area contributed by atoms with E-state index in [1.165, 1.54) is 17.7 Å². The van der Waals surface area contributed by atoms with E-state index in [1.54, 1.807) is 24.3 Å². The van der Waals surface area contributed by atoms with Crippen molar-refractivity contribution in [3.63, 3.8) is 0 Å². The summed E-state index contributed by atoms with van der Waals surface area (Å²) in [6.45, 7) is 6.49. The van der Waals surface area contributed by atoms with Crippen LogP contribution in [0.15, 0.2) is 30.6 Å². The number of carbonyl (C=O) groups is 2. The van der Waals surface area contributed by atoms with Crippen molar-refractivity contribution in [2.75, 3.05) is 18.5 Å². The summed E-state index contributed by atoms with van der Waals surface area (Å²) in [6, 6.07) is 6.68. The Morgan fingerprint density at radius 2 is 2.04 bits per heavy atom. The van der Waals surface area contributed by atoms with Crippen LogP contribution in [0.3, 0.4) is 0 Å². The van der Waals surface area contributed by atoms with Crippen LogP contribution in [0.5, 0.6) is 5.88 Å². The molecule has 3 rings (SSSR count). The van der Waals surface area contributed by atoms with Gasteiger partial charge in [0, 0.05) is 5.69 Å². The predicted molar refractivity (Wildman–Crippen MR) is 108 cm³/mol. The first kappa shape index (κ1) is 19.8. The number of rotatable bonds is 7. The van der Waals surface area contributed by atoms with Crippen LogP contribution in [-0.4, -0.2) is 35.1 Å². The minimum Gasteiger partial charge on any atom is -0.477 e. The monoisotopic (exact) mass is 399 g/mol. The second kappa shape index (κ2) is 8.79. The summed E-state index contributed by atoms with van der Waals surface area (Å²) in [5.41, 5.74) is 1.67. The molecule has 0 saturated heterocycles. The van der Waals surface area contributed by atoms with E-state index in [2.05, 4.69) is 15.3 Å². The molecule has 0 unspecified atom stereocenters. The van der Waals surface area contributed by atoms with Crippen molar-refractivity contribution >= 4 is 39.1 Å². The van der Waals surface area contributed by atoms with E-state index in [9.17, 15) is 9.59 Å². The molecule has 0 aliphatic rings. The molecule has 1 aromatic carbocycles. The Kier molecular flexibility index (Phi) is 6.20. The van der Waals surface area contributed by atoms with Crippen molar-refractivity contribution in [3.05, 3.63) is 46.6 Å². The lowest BCUT2D eigenvalue weighted by atomic mass is 10.2. The van der Waals surface area contributed by atoms with Gasteiger partial charge in [0.05, 0.1) is 29.0 Å². The van der Waals surface area contributed by atoms with Crippen molar-refractivity contribution in [1.29, 1.82) is 0 Å². The average Bonchev–Trinajstić information content (AvgIpc) is 3.04. The number of hydrogen-bond acceptors (Lipinski definition) is 7. The summed E-state index contributed by atoms with van der Waals surface area (Å²) in [4.78, 5) is 34.5. The van der Waals surface area contributed by atoms with Gasteiger partial charge in [0.15, 0.2) is 0 Å². The standard InChI is InChI=1S/C20H21N3O4S/c1-4-9-27-20(25)13-7-6-8-14(10-13)23-17(24)16-12(3)15-18(26-5-2)21-11-22-19(15)28-16/h6-8,10-11H,4-5,9H2,1-3H3,(H,23,24). The van der Waals surface area contributed by atoms with Crippen LogP contribution in [0.4, 0.5) is 5.69 Å². The van der Waals surface area contributed by atoms with E-state index in [1.807, 2.05) is 20.8 Å². The van der Waals surface area contributed by atoms with Gasteiger partial charge in [-0.3, -0.25) is 4.79 Å². The zero-order valence-corrected chi connectivity index (χ0v) is 16.8. The zero-order chi connectivity index (χ0) is 20.1. The summed E-state index contributed by atoms with van der Waals surface area (Å²) < 4.78 is 10.7. The molecule has 0 radical (unpaired) electrons. The molecule has 0 atom stereocenters. The SMILES string of the molecule is CCCOC(=O)c1cccc(NC(=O)c2sc3ncnc(OCC)c3c2C)c1. The number of amides is 1. The van der Waals surface area contributed by atoms with E-state index in [4.69, 9.17) is 9.47 Å². The lowest BCUT2D eigenvalue weighted by Gasteiger charge is -2.07. The second-order valence-corrected chi connectivity index (χ2v) is 7.02. The lowest BCUT2D eigenvalue weighted by Crippen LogP contribution is -2.12. The van der Waals surface area contributed by atoms with Gasteiger partial charge in [0.2, 0.25) is 5.88 Å². The topological polar surface area (TPSA) is 90.4 Å². The maximum absolute atomic E-state index is 12.8. The lowest BCUT2D eigenvalue weighted by molar-refractivity contribution is 0.0505. The summed E-state index contributed by atoms with van der Waals surface area (Å²) in [5.74, 6) is -0.212. The van der Waals surface area contributed by atoms with Crippen molar-refractivity contribution in [3.8, 4) is 5.88 Å². The number of aromatic nitrogens is 2. The fourth-order valence-corrected chi connectivity index (χ4v) is 3.73. The molecule has 0 aliphatic carbocycles. The van der Waals surface area contributed by atoms with Crippen LogP contribution in [0.25, 0.3) is 10.2 Å². The normalized spacial score (nSPS) is 10.7. The second-order valence-electron chi connectivity index (χ2n) is 6.02. The Balaban J connectivity index is 1.85. The van der Waals surface area contributed by atoms with Gasteiger partial charge in [-0.05, 0) is 44.0 Å². The number of hydrogen-bond donors (Lipinski definition) is 1. The van der Waals surface area contributed by atoms with Crippen molar-refractivity contribution < 1.29 is 19.1 Å². The molecular weight excluding hydrogens is 378 g/mol. The molecule has 0 bridgehead atoms. The number of nitrogens with zero attached hydrogens (tertiary/aromatic N) is 2. The highest BCUT2D eigenvalue weighted by atomic mass is 32.1. The minimum absolute atomic E-state index is 0.276. The molecule has 0 aliphatic heterocycles. The van der Waals surface area contributed by atoms with E-state index >= 15 is 0 Å². The first-order chi connectivity index (χ1) is 13.5. The highest BCUT2D eigenvalue weighted by Crippen LogP contribution is 2.34. The molecule has 2 heterocycles. The van der Waals surface area contributed by atoms with Gasteiger partial charge in [-0.25, -0.2) is 14.8 Å². The van der Waals surface area contributed by atoms with Gasteiger partial charge in [-0.1, -0.05) is 13.0 Å². The van der Waals surface area contributed by atoms with Gasteiger partial charge in [-0.2, -0.15) is 0 Å². The Hall–Kier alpha value is -3.00. The molecule has 0 saturated carbocycles. The minimum atomic E-state index is -0.410. The quantitative estimate of drug-likeness (QED) is 0.598. The van der Waals surface area contributed by atoms with Gasteiger partial charge < -0.3 is 14.8 Å².